The number of esters is 12. The van der Waals surface area contributed by atoms with Crippen LogP contribution in [0.3, 0.4) is 0 Å². The molecule has 0 aromatic heterocycles. The van der Waals surface area contributed by atoms with E-state index in [1.54, 1.807) is 34.6 Å². The molecule has 24 heteroatoms. The molecule has 9 unspecified atom stereocenters. The Morgan fingerprint density at radius 2 is 0.623 bits per heavy atom. The molecule has 21 saturated carbocycles. The summed E-state index contributed by atoms with van der Waals surface area (Å²) in [6, 6.07) is 0. The van der Waals surface area contributed by atoms with Gasteiger partial charge in [0.15, 0.2) is 19.3 Å². The van der Waals surface area contributed by atoms with E-state index in [-0.39, 0.29) is 101 Å². The van der Waals surface area contributed by atoms with E-state index in [1.807, 2.05) is 173 Å². The lowest BCUT2D eigenvalue weighted by molar-refractivity contribution is -0.223. The number of hydrogen-bond acceptors (Lipinski definition) is 24. The number of ether oxygens (including phenoxy) is 12. The van der Waals surface area contributed by atoms with Crippen molar-refractivity contribution in [1.29, 1.82) is 0 Å². The van der Waals surface area contributed by atoms with Crippen molar-refractivity contribution >= 4 is 71.6 Å². The Morgan fingerprint density at radius 3 is 1.00 bits per heavy atom. The molecule has 0 radical (unpaired) electrons. The van der Waals surface area contributed by atoms with Crippen LogP contribution < -0.4 is 0 Å². The molecular formula is C122H208O24. The van der Waals surface area contributed by atoms with E-state index in [0.717, 1.165) is 106 Å². The van der Waals surface area contributed by atoms with Gasteiger partial charge in [-0.05, 0) is 448 Å². The highest BCUT2D eigenvalue weighted by atomic mass is 16.6. The second kappa shape index (κ2) is 53.5. The van der Waals surface area contributed by atoms with E-state index in [9.17, 15) is 57.5 Å². The van der Waals surface area contributed by atoms with Crippen LogP contribution >= 0.6 is 0 Å². The van der Waals surface area contributed by atoms with E-state index in [4.69, 9.17) is 56.8 Å². The summed E-state index contributed by atoms with van der Waals surface area (Å²) in [5.74, 6) is 7.11. The highest BCUT2D eigenvalue weighted by molar-refractivity contribution is 5.86. The summed E-state index contributed by atoms with van der Waals surface area (Å²) >= 11 is 0. The van der Waals surface area contributed by atoms with Gasteiger partial charge in [-0.2, -0.15) is 0 Å². The Kier molecular flexibility index (Phi) is 46.3. The molecule has 9 atom stereocenters. The highest BCUT2D eigenvalue weighted by Crippen LogP contribution is 2.67. The first-order valence-electron chi connectivity index (χ1n) is 58.9. The predicted molar refractivity (Wildman–Crippen MR) is 569 cm³/mol. The Hall–Kier alpha value is -6.36. The molecule has 0 spiro atoms. The van der Waals surface area contributed by atoms with Crippen molar-refractivity contribution in [2.45, 2.75) is 513 Å². The van der Waals surface area contributed by atoms with Gasteiger partial charge in [0.25, 0.3) is 0 Å². The molecule has 24 nitrogen and oxygen atoms in total. The monoisotopic (exact) mass is 2060 g/mol. The molecule has 0 aromatic carbocycles. The van der Waals surface area contributed by atoms with Gasteiger partial charge in [0.2, 0.25) is 5.60 Å². The van der Waals surface area contributed by atoms with Crippen molar-refractivity contribution in [2.75, 3.05) is 33.0 Å². The van der Waals surface area contributed by atoms with E-state index in [0.29, 0.717) is 129 Å². The lowest BCUT2D eigenvalue weighted by Gasteiger charge is -2.61. The highest BCUT2D eigenvalue weighted by Gasteiger charge is 2.64. The quantitative estimate of drug-likeness (QED) is 0.0335. The SMILES string of the molecule is CC.CC.CC.CC.CC.CCC(C)(C)C(=O)OC(C)(C)C(=O)OC12CC3CC(CC(C3)C1C)C2.CCC(C)(C)C(=O)OC(C)C(=O)OC12CC3CC(CC(C3)C1C)C2.CCC(C)(C)C(=O)OCC(=O)OC1(C)C2CC3CC(C2)CC1C3.CCC(C)(C)C(=O)OCCCC(=O)OC1(C)C2CC3CC(C2)CC1C3.CCC(C)(C)C(=O)OCCOC(=O)C1CCCCC1C(=O)OCC(=O)OC(C)(C)C12CC3CC(CC(C3)C1)C2. The summed E-state index contributed by atoms with van der Waals surface area (Å²) in [6.45, 7) is 65.4. The minimum atomic E-state index is -1.24. The molecule has 20 bridgehead atoms. The van der Waals surface area contributed by atoms with Gasteiger partial charge < -0.3 is 56.8 Å². The average Bonchev–Trinajstić information content (AvgIpc) is 0.733. The fourth-order valence-electron chi connectivity index (χ4n) is 28.7. The van der Waals surface area contributed by atoms with Gasteiger partial charge in [-0.15, -0.1) is 0 Å². The van der Waals surface area contributed by atoms with Crippen molar-refractivity contribution < 1.29 is 114 Å². The van der Waals surface area contributed by atoms with Crippen molar-refractivity contribution in [3.63, 3.8) is 0 Å². The molecule has 0 amide bonds. The molecule has 146 heavy (non-hydrogen) atoms. The minimum Gasteiger partial charge on any atom is -0.465 e. The van der Waals surface area contributed by atoms with E-state index in [1.165, 1.54) is 122 Å². The van der Waals surface area contributed by atoms with E-state index >= 15 is 0 Å². The van der Waals surface area contributed by atoms with Crippen LogP contribution in [-0.4, -0.2) is 144 Å². The maximum absolute atomic E-state index is 13.0. The van der Waals surface area contributed by atoms with Gasteiger partial charge in [0, 0.05) is 11.8 Å². The zero-order chi connectivity index (χ0) is 110. The number of carbonyl (C=O) groups is 12. The molecule has 21 aliphatic rings. The molecule has 21 fully saturated rings. The zero-order valence-electron chi connectivity index (χ0n) is 98.2. The predicted octanol–water partition coefficient (Wildman–Crippen LogP) is 27.4. The van der Waals surface area contributed by atoms with Crippen LogP contribution in [0.25, 0.3) is 0 Å². The summed E-state index contributed by atoms with van der Waals surface area (Å²) in [6.07, 6.45) is 37.6. The second-order valence-electron chi connectivity index (χ2n) is 51.2. The van der Waals surface area contributed by atoms with Crippen LogP contribution in [0.15, 0.2) is 0 Å². The largest absolute Gasteiger partial charge is 0.465 e. The van der Waals surface area contributed by atoms with Crippen LogP contribution in [0.5, 0.6) is 0 Å². The van der Waals surface area contributed by atoms with Crippen molar-refractivity contribution in [1.82, 2.24) is 0 Å². The normalized spacial score (nSPS) is 33.7. The fourth-order valence-corrected chi connectivity index (χ4v) is 28.7. The third kappa shape index (κ3) is 30.6. The smallest absolute Gasteiger partial charge is 0.350 e. The van der Waals surface area contributed by atoms with Crippen LogP contribution in [0, 0.1) is 157 Å². The lowest BCUT2D eigenvalue weighted by Crippen LogP contribution is -2.59. The number of hydrogen-bond donors (Lipinski definition) is 0. The molecular weight excluding hydrogens is 1850 g/mol. The molecule has 0 N–H and O–H groups in total. The van der Waals surface area contributed by atoms with E-state index in [2.05, 4.69) is 27.7 Å². The van der Waals surface area contributed by atoms with Crippen molar-refractivity contribution in [2.24, 2.45) is 157 Å². The maximum Gasteiger partial charge on any atom is 0.350 e. The van der Waals surface area contributed by atoms with Gasteiger partial charge in [-0.1, -0.05) is 131 Å². The first kappa shape index (κ1) is 127. The Bertz CT molecular complexity index is 4130. The van der Waals surface area contributed by atoms with Gasteiger partial charge in [-0.3, -0.25) is 38.4 Å². The molecule has 0 aromatic rings. The molecule has 21 aliphatic carbocycles. The van der Waals surface area contributed by atoms with Crippen LogP contribution in [-0.2, 0) is 114 Å². The summed E-state index contributed by atoms with van der Waals surface area (Å²) in [5, 5.41) is 0. The molecule has 0 heterocycles. The average molecular weight is 2060 g/mol. The minimum absolute atomic E-state index is 0.0141. The summed E-state index contributed by atoms with van der Waals surface area (Å²) < 4.78 is 67.6. The second-order valence-corrected chi connectivity index (χ2v) is 51.2. The topological polar surface area (TPSA) is 316 Å². The Labute approximate surface area is 883 Å². The fraction of sp³-hybridized carbons (Fsp3) is 0.902. The van der Waals surface area contributed by atoms with E-state index < -0.39 is 80.7 Å². The number of rotatable bonds is 33. The third-order valence-electron chi connectivity index (χ3n) is 38.9. The molecule has 21 rings (SSSR count). The first-order chi connectivity index (χ1) is 68.5. The zero-order valence-corrected chi connectivity index (χ0v) is 98.2. The molecule has 840 valence electrons. The van der Waals surface area contributed by atoms with Gasteiger partial charge >= 0.3 is 71.6 Å². The summed E-state index contributed by atoms with van der Waals surface area (Å²) in [7, 11) is 0. The summed E-state index contributed by atoms with van der Waals surface area (Å²) in [4.78, 5) is 149. The van der Waals surface area contributed by atoms with Crippen LogP contribution in [0.2, 0.25) is 0 Å². The van der Waals surface area contributed by atoms with Crippen LogP contribution in [0.1, 0.15) is 473 Å². The standard InChI is InChI=1S/C31H48O8.2C21H34O4.C20H32O4.C19H30O4.5C2H6/c1-6-29(2,3)28(35)37-12-11-36-26(33)23-9-7-8-10-24(23)27(34)38-19-25(32)39-30(4,5)31-16-20-13-21(17-31)15-22(14-20)18-31;1-7-19(3,4)17(22)24-20(5,6)18(23)25-21-11-14-8-15(12-21)10-16(9-14)13(21)2;1-5-20(2,3)19(23)24-8-6-7-18(22)25-21(4)16-10-14-9-15(12-16)13-17(21)11-14;1-6-19(4,5)18(22)23-13(3)17(21)24-20-10-14-7-15(11-20)9-16(8-14)12(20)2;1-5-18(2,3)17(21)22-11-16(20)23-19(4)14-7-12-6-13(9-14)10-15(19)8-12;5*1-2/h20-24H,6-19H2,1-5H3;13-16H,7-12H2,1-6H3;14-17H,5-13H2,1-4H3;12-16H,6-11H2,1-5H3;12-15H,5-11H2,1-4H3;5*1-2H3. The first-order valence-corrected chi connectivity index (χ1v) is 58.9. The third-order valence-corrected chi connectivity index (χ3v) is 38.9. The molecule has 0 aliphatic heterocycles. The Morgan fingerprint density at radius 1 is 0.315 bits per heavy atom. The van der Waals surface area contributed by atoms with Gasteiger partial charge in [-0.25, -0.2) is 19.2 Å². The van der Waals surface area contributed by atoms with Gasteiger partial charge in [0.05, 0.1) is 45.5 Å². The van der Waals surface area contributed by atoms with Crippen molar-refractivity contribution in [3.05, 3.63) is 0 Å². The maximum atomic E-state index is 13.0. The summed E-state index contributed by atoms with van der Waals surface area (Å²) in [5.41, 5.74) is -5.85. The van der Waals surface area contributed by atoms with Crippen molar-refractivity contribution in [3.8, 4) is 0 Å². The lowest BCUT2D eigenvalue weighted by atomic mass is 9.46. The Balaban J connectivity index is 0.000000245. The van der Waals surface area contributed by atoms with Gasteiger partial charge in [0.1, 0.15) is 41.2 Å². The number of carbonyl (C=O) groups excluding carboxylic acids is 12. The molecule has 0 saturated heterocycles. The van der Waals surface area contributed by atoms with Crippen LogP contribution in [0.4, 0.5) is 0 Å².